The molecule has 4 heteroatoms. The Morgan fingerprint density at radius 1 is 1.22 bits per heavy atom. The third-order valence-corrected chi connectivity index (χ3v) is 5.08. The summed E-state index contributed by atoms with van der Waals surface area (Å²) in [6, 6.07) is 18.5. The normalized spacial score (nSPS) is 23.7. The Hall–Kier alpha value is -1.65. The highest BCUT2D eigenvalue weighted by molar-refractivity contribution is 9.10. The summed E-state index contributed by atoms with van der Waals surface area (Å²) in [7, 11) is 1.46. The molecular formula is C19H20BrNO2. The zero-order valence-corrected chi connectivity index (χ0v) is 14.7. The van der Waals surface area contributed by atoms with Crippen LogP contribution in [0.3, 0.4) is 0 Å². The van der Waals surface area contributed by atoms with E-state index in [9.17, 15) is 4.79 Å². The summed E-state index contributed by atoms with van der Waals surface area (Å²) in [6.45, 7) is 0.787. The highest BCUT2D eigenvalue weighted by atomic mass is 79.9. The third-order valence-electron chi connectivity index (χ3n) is 4.55. The summed E-state index contributed by atoms with van der Waals surface area (Å²) in [6.07, 6.45) is 1.38. The average Bonchev–Trinajstić information content (AvgIpc) is 3.02. The Morgan fingerprint density at radius 3 is 2.57 bits per heavy atom. The molecule has 0 amide bonds. The standard InChI is InChI=1S/C19H20BrNO2/c1-23-18(22)19(11-14-7-9-17(20)10-8-14)12-16(13-21-19)15-5-3-2-4-6-15/h2-10,16,21H,11-13H2,1H3/t16-,19?/m0/s1. The minimum Gasteiger partial charge on any atom is -0.468 e. The van der Waals surface area contributed by atoms with E-state index in [1.54, 1.807) is 0 Å². The lowest BCUT2D eigenvalue weighted by Gasteiger charge is -2.27. The van der Waals surface area contributed by atoms with Gasteiger partial charge in [0.25, 0.3) is 0 Å². The van der Waals surface area contributed by atoms with Gasteiger partial charge in [-0.05, 0) is 35.6 Å². The molecule has 1 N–H and O–H groups in total. The predicted molar refractivity (Wildman–Crippen MR) is 94.4 cm³/mol. The molecule has 120 valence electrons. The molecule has 0 saturated carbocycles. The fourth-order valence-corrected chi connectivity index (χ4v) is 3.62. The van der Waals surface area contributed by atoms with E-state index in [0.29, 0.717) is 12.3 Å². The summed E-state index contributed by atoms with van der Waals surface area (Å²) in [5.41, 5.74) is 1.74. The highest BCUT2D eigenvalue weighted by Gasteiger charge is 2.46. The number of methoxy groups -OCH3 is 1. The van der Waals surface area contributed by atoms with Crippen LogP contribution < -0.4 is 5.32 Å². The fourth-order valence-electron chi connectivity index (χ4n) is 3.35. The topological polar surface area (TPSA) is 38.3 Å². The minimum absolute atomic E-state index is 0.182. The summed E-state index contributed by atoms with van der Waals surface area (Å²) >= 11 is 3.45. The van der Waals surface area contributed by atoms with Crippen LogP contribution in [0.15, 0.2) is 59.1 Å². The predicted octanol–water partition coefficient (Wildman–Crippen LogP) is 3.68. The molecule has 3 rings (SSSR count). The van der Waals surface area contributed by atoms with E-state index in [2.05, 4.69) is 33.4 Å². The Morgan fingerprint density at radius 2 is 1.91 bits per heavy atom. The number of carbonyl (C=O) groups is 1. The first-order chi connectivity index (χ1) is 11.1. The lowest BCUT2D eigenvalue weighted by Crippen LogP contribution is -2.50. The smallest absolute Gasteiger partial charge is 0.326 e. The molecule has 0 radical (unpaired) electrons. The summed E-state index contributed by atoms with van der Waals surface area (Å²) in [5.74, 6) is 0.143. The molecule has 1 aliphatic heterocycles. The monoisotopic (exact) mass is 373 g/mol. The number of esters is 1. The number of ether oxygens (including phenoxy) is 1. The van der Waals surface area contributed by atoms with Gasteiger partial charge in [-0.3, -0.25) is 4.79 Å². The number of hydrogen-bond acceptors (Lipinski definition) is 3. The fraction of sp³-hybridized carbons (Fsp3) is 0.316. The van der Waals surface area contributed by atoms with Crippen molar-refractivity contribution < 1.29 is 9.53 Å². The van der Waals surface area contributed by atoms with Crippen LogP contribution in [0, 0.1) is 0 Å². The molecule has 1 saturated heterocycles. The van der Waals surface area contributed by atoms with Crippen molar-refractivity contribution in [2.24, 2.45) is 0 Å². The van der Waals surface area contributed by atoms with Crippen LogP contribution in [-0.4, -0.2) is 25.2 Å². The Labute approximate surface area is 145 Å². The SMILES string of the molecule is COC(=O)C1(Cc2ccc(Br)cc2)C[C@H](c2ccccc2)CN1. The molecule has 23 heavy (non-hydrogen) atoms. The van der Waals surface area contributed by atoms with Gasteiger partial charge in [0, 0.05) is 17.4 Å². The number of benzene rings is 2. The molecule has 3 nitrogen and oxygen atoms in total. The first-order valence-corrected chi connectivity index (χ1v) is 8.55. The molecule has 0 spiro atoms. The molecule has 1 heterocycles. The van der Waals surface area contributed by atoms with Crippen LogP contribution in [-0.2, 0) is 16.0 Å². The Kier molecular flexibility index (Phi) is 4.83. The molecule has 0 bridgehead atoms. The van der Waals surface area contributed by atoms with Crippen molar-refractivity contribution >= 4 is 21.9 Å². The lowest BCUT2D eigenvalue weighted by atomic mass is 9.84. The molecule has 1 aliphatic rings. The Balaban J connectivity index is 1.84. The van der Waals surface area contributed by atoms with Crippen molar-refractivity contribution in [3.8, 4) is 0 Å². The summed E-state index contributed by atoms with van der Waals surface area (Å²) < 4.78 is 6.14. The van der Waals surface area contributed by atoms with Gasteiger partial charge < -0.3 is 10.1 Å². The molecule has 1 fully saturated rings. The van der Waals surface area contributed by atoms with Crippen molar-refractivity contribution in [2.75, 3.05) is 13.7 Å². The molecule has 0 aliphatic carbocycles. The second-order valence-corrected chi connectivity index (χ2v) is 6.99. The van der Waals surface area contributed by atoms with E-state index in [4.69, 9.17) is 4.74 Å². The first-order valence-electron chi connectivity index (χ1n) is 7.76. The molecule has 1 unspecified atom stereocenters. The zero-order chi connectivity index (χ0) is 16.3. The Bertz CT molecular complexity index is 672. The van der Waals surface area contributed by atoms with Crippen molar-refractivity contribution in [2.45, 2.75) is 24.3 Å². The van der Waals surface area contributed by atoms with Gasteiger partial charge in [0.05, 0.1) is 7.11 Å². The van der Waals surface area contributed by atoms with Crippen LogP contribution in [0.25, 0.3) is 0 Å². The zero-order valence-electron chi connectivity index (χ0n) is 13.1. The van der Waals surface area contributed by atoms with Gasteiger partial charge >= 0.3 is 5.97 Å². The van der Waals surface area contributed by atoms with Crippen molar-refractivity contribution in [1.29, 1.82) is 0 Å². The van der Waals surface area contributed by atoms with Gasteiger partial charge in [-0.25, -0.2) is 0 Å². The highest BCUT2D eigenvalue weighted by Crippen LogP contribution is 2.35. The van der Waals surface area contributed by atoms with E-state index < -0.39 is 5.54 Å². The number of nitrogens with one attached hydrogen (secondary N) is 1. The van der Waals surface area contributed by atoms with Gasteiger partial charge in [0.2, 0.25) is 0 Å². The van der Waals surface area contributed by atoms with Gasteiger partial charge in [0.1, 0.15) is 5.54 Å². The second-order valence-electron chi connectivity index (χ2n) is 6.07. The maximum atomic E-state index is 12.5. The second kappa shape index (κ2) is 6.85. The number of halogens is 1. The summed E-state index contributed by atoms with van der Waals surface area (Å²) in [4.78, 5) is 12.5. The van der Waals surface area contributed by atoms with Gasteiger partial charge in [-0.1, -0.05) is 58.4 Å². The molecule has 2 aromatic rings. The summed E-state index contributed by atoms with van der Waals surface area (Å²) in [5, 5.41) is 3.45. The van der Waals surface area contributed by atoms with Gasteiger partial charge in [0.15, 0.2) is 0 Å². The van der Waals surface area contributed by atoms with E-state index >= 15 is 0 Å². The number of carbonyl (C=O) groups excluding carboxylic acids is 1. The average molecular weight is 374 g/mol. The van der Waals surface area contributed by atoms with Crippen molar-refractivity contribution in [3.05, 3.63) is 70.2 Å². The van der Waals surface area contributed by atoms with Gasteiger partial charge in [-0.2, -0.15) is 0 Å². The van der Waals surface area contributed by atoms with E-state index in [1.165, 1.54) is 12.7 Å². The minimum atomic E-state index is -0.650. The largest absolute Gasteiger partial charge is 0.468 e. The quantitative estimate of drug-likeness (QED) is 0.830. The van der Waals surface area contributed by atoms with Gasteiger partial charge in [-0.15, -0.1) is 0 Å². The first kappa shape index (κ1) is 16.2. The molecule has 2 atom stereocenters. The molecule has 0 aromatic heterocycles. The maximum absolute atomic E-state index is 12.5. The number of rotatable bonds is 4. The van der Waals surface area contributed by atoms with Crippen LogP contribution in [0.5, 0.6) is 0 Å². The van der Waals surface area contributed by atoms with Crippen LogP contribution in [0.4, 0.5) is 0 Å². The van der Waals surface area contributed by atoms with E-state index in [0.717, 1.165) is 23.0 Å². The van der Waals surface area contributed by atoms with Crippen LogP contribution >= 0.6 is 15.9 Å². The molecule has 2 aromatic carbocycles. The maximum Gasteiger partial charge on any atom is 0.326 e. The third kappa shape index (κ3) is 3.48. The number of hydrogen-bond donors (Lipinski definition) is 1. The molecular weight excluding hydrogens is 354 g/mol. The van der Waals surface area contributed by atoms with Crippen molar-refractivity contribution in [3.63, 3.8) is 0 Å². The van der Waals surface area contributed by atoms with E-state index in [1.807, 2.05) is 42.5 Å². The van der Waals surface area contributed by atoms with Crippen LogP contribution in [0.2, 0.25) is 0 Å². The van der Waals surface area contributed by atoms with Crippen molar-refractivity contribution in [1.82, 2.24) is 5.32 Å². The van der Waals surface area contributed by atoms with Crippen LogP contribution in [0.1, 0.15) is 23.5 Å². The van der Waals surface area contributed by atoms with E-state index in [-0.39, 0.29) is 5.97 Å². The lowest BCUT2D eigenvalue weighted by molar-refractivity contribution is -0.148.